The van der Waals surface area contributed by atoms with E-state index in [4.69, 9.17) is 10.4 Å². The van der Waals surface area contributed by atoms with Crippen molar-refractivity contribution in [2.24, 2.45) is 0 Å². The minimum atomic E-state index is 0.140. The molecule has 0 saturated heterocycles. The van der Waals surface area contributed by atoms with Gasteiger partial charge in [0, 0.05) is 23.2 Å². The van der Waals surface area contributed by atoms with Crippen LogP contribution in [-0.2, 0) is 0 Å². The van der Waals surface area contributed by atoms with Gasteiger partial charge in [0.1, 0.15) is 6.07 Å². The van der Waals surface area contributed by atoms with E-state index in [9.17, 15) is 0 Å². The molecule has 0 saturated carbocycles. The second-order valence-corrected chi connectivity index (χ2v) is 4.69. The lowest BCUT2D eigenvalue weighted by Gasteiger charge is -2.24. The molecule has 0 unspecified atom stereocenters. The number of nitrogens with zero attached hydrogens (tertiary/aromatic N) is 2. The molecule has 0 heterocycles. The number of anilines is 1. The Morgan fingerprint density at radius 3 is 2.71 bits per heavy atom. The van der Waals surface area contributed by atoms with E-state index < -0.39 is 0 Å². The fraction of sp³-hybridized carbons (Fsp3) is 0.462. The predicted molar refractivity (Wildman–Crippen MR) is 73.1 cm³/mol. The van der Waals surface area contributed by atoms with E-state index >= 15 is 0 Å². The SMILES string of the molecule is CCCCN(CCO)c1ccc(C#N)c(Br)c1. The van der Waals surface area contributed by atoms with Gasteiger partial charge in [0.25, 0.3) is 0 Å². The summed E-state index contributed by atoms with van der Waals surface area (Å²) in [5.74, 6) is 0. The van der Waals surface area contributed by atoms with Gasteiger partial charge >= 0.3 is 0 Å². The van der Waals surface area contributed by atoms with Crippen molar-refractivity contribution < 1.29 is 5.11 Å². The molecule has 1 rings (SSSR count). The van der Waals surface area contributed by atoms with Gasteiger partial charge in [-0.25, -0.2) is 0 Å². The van der Waals surface area contributed by atoms with Gasteiger partial charge < -0.3 is 10.0 Å². The standard InChI is InChI=1S/C13H17BrN2O/c1-2-3-6-16(7-8-17)12-5-4-11(10-15)13(14)9-12/h4-5,9,17H,2-3,6-8H2,1H3. The molecule has 0 fully saturated rings. The Labute approximate surface area is 111 Å². The van der Waals surface area contributed by atoms with Crippen molar-refractivity contribution in [2.45, 2.75) is 19.8 Å². The maximum absolute atomic E-state index is 9.06. The van der Waals surface area contributed by atoms with E-state index in [1.165, 1.54) is 0 Å². The normalized spacial score (nSPS) is 10.0. The molecule has 0 radical (unpaired) electrons. The van der Waals surface area contributed by atoms with E-state index in [2.05, 4.69) is 33.8 Å². The first-order valence-corrected chi connectivity index (χ1v) is 6.57. The molecule has 17 heavy (non-hydrogen) atoms. The Hall–Kier alpha value is -1.05. The number of halogens is 1. The number of unbranched alkanes of at least 4 members (excludes halogenated alkanes) is 1. The molecule has 0 aliphatic heterocycles. The fourth-order valence-electron chi connectivity index (χ4n) is 1.63. The molecule has 0 aliphatic rings. The van der Waals surface area contributed by atoms with Gasteiger partial charge in [0.05, 0.1) is 12.2 Å². The molecule has 0 amide bonds. The van der Waals surface area contributed by atoms with Crippen LogP contribution < -0.4 is 4.90 Å². The molecule has 0 aromatic heterocycles. The Balaban J connectivity index is 2.86. The zero-order chi connectivity index (χ0) is 12.7. The summed E-state index contributed by atoms with van der Waals surface area (Å²) in [7, 11) is 0. The highest BCUT2D eigenvalue weighted by molar-refractivity contribution is 9.10. The van der Waals surface area contributed by atoms with Crippen LogP contribution >= 0.6 is 15.9 Å². The maximum Gasteiger partial charge on any atom is 0.100 e. The number of aliphatic hydroxyl groups excluding tert-OH is 1. The second kappa shape index (κ2) is 7.31. The lowest BCUT2D eigenvalue weighted by atomic mass is 10.2. The summed E-state index contributed by atoms with van der Waals surface area (Å²) in [5.41, 5.74) is 1.67. The van der Waals surface area contributed by atoms with Crippen LogP contribution in [0.2, 0.25) is 0 Å². The largest absolute Gasteiger partial charge is 0.395 e. The van der Waals surface area contributed by atoms with Gasteiger partial charge in [0.2, 0.25) is 0 Å². The molecule has 1 aromatic rings. The smallest absolute Gasteiger partial charge is 0.100 e. The molecule has 4 heteroatoms. The molecule has 3 nitrogen and oxygen atoms in total. The third-order valence-electron chi connectivity index (χ3n) is 2.59. The Kier molecular flexibility index (Phi) is 6.03. The van der Waals surface area contributed by atoms with Gasteiger partial charge in [-0.1, -0.05) is 13.3 Å². The molecule has 0 bridgehead atoms. The molecule has 0 aliphatic carbocycles. The van der Waals surface area contributed by atoms with Gasteiger partial charge in [-0.3, -0.25) is 0 Å². The van der Waals surface area contributed by atoms with E-state index in [0.717, 1.165) is 29.5 Å². The van der Waals surface area contributed by atoms with Crippen LogP contribution in [0.25, 0.3) is 0 Å². The summed E-state index contributed by atoms with van der Waals surface area (Å²) in [6.07, 6.45) is 2.22. The first-order chi connectivity index (χ1) is 8.22. The molecule has 0 atom stereocenters. The highest BCUT2D eigenvalue weighted by Crippen LogP contribution is 2.23. The highest BCUT2D eigenvalue weighted by Gasteiger charge is 2.07. The van der Waals surface area contributed by atoms with Crippen molar-refractivity contribution >= 4 is 21.6 Å². The molecule has 92 valence electrons. The molecule has 1 aromatic carbocycles. The van der Waals surface area contributed by atoms with E-state index in [1.807, 2.05) is 12.1 Å². The summed E-state index contributed by atoms with van der Waals surface area (Å²) < 4.78 is 0.803. The Bertz CT molecular complexity index is 401. The summed E-state index contributed by atoms with van der Waals surface area (Å²) in [4.78, 5) is 2.13. The summed E-state index contributed by atoms with van der Waals surface area (Å²) >= 11 is 3.38. The first-order valence-electron chi connectivity index (χ1n) is 5.78. The maximum atomic E-state index is 9.06. The number of rotatable bonds is 6. The van der Waals surface area contributed by atoms with E-state index in [1.54, 1.807) is 6.07 Å². The zero-order valence-electron chi connectivity index (χ0n) is 9.99. The topological polar surface area (TPSA) is 47.3 Å². The summed E-state index contributed by atoms with van der Waals surface area (Å²) in [6.45, 7) is 3.83. The van der Waals surface area contributed by atoms with Crippen LogP contribution in [0.3, 0.4) is 0 Å². The fourth-order valence-corrected chi connectivity index (χ4v) is 2.09. The lowest BCUT2D eigenvalue weighted by molar-refractivity contribution is 0.301. The number of aliphatic hydroxyl groups is 1. The Morgan fingerprint density at radius 2 is 2.18 bits per heavy atom. The van der Waals surface area contributed by atoms with E-state index in [-0.39, 0.29) is 6.61 Å². The minimum Gasteiger partial charge on any atom is -0.395 e. The third-order valence-corrected chi connectivity index (χ3v) is 3.25. The summed E-state index contributed by atoms with van der Waals surface area (Å²) in [5, 5.41) is 17.9. The molecule has 1 N–H and O–H groups in total. The number of benzene rings is 1. The van der Waals surface area contributed by atoms with Gasteiger partial charge in [-0.05, 0) is 40.5 Å². The number of hydrogen-bond donors (Lipinski definition) is 1. The van der Waals surface area contributed by atoms with Crippen molar-refractivity contribution in [1.29, 1.82) is 5.26 Å². The Morgan fingerprint density at radius 1 is 1.41 bits per heavy atom. The average molecular weight is 297 g/mol. The lowest BCUT2D eigenvalue weighted by Crippen LogP contribution is -2.27. The molecule has 0 spiro atoms. The zero-order valence-corrected chi connectivity index (χ0v) is 11.6. The second-order valence-electron chi connectivity index (χ2n) is 3.84. The predicted octanol–water partition coefficient (Wildman–Crippen LogP) is 2.92. The van der Waals surface area contributed by atoms with Crippen molar-refractivity contribution in [3.63, 3.8) is 0 Å². The van der Waals surface area contributed by atoms with Crippen LogP contribution in [0, 0.1) is 11.3 Å². The van der Waals surface area contributed by atoms with E-state index in [0.29, 0.717) is 12.1 Å². The van der Waals surface area contributed by atoms with Crippen LogP contribution in [-0.4, -0.2) is 24.8 Å². The van der Waals surface area contributed by atoms with Crippen molar-refractivity contribution in [2.75, 3.05) is 24.6 Å². The van der Waals surface area contributed by atoms with Crippen LogP contribution in [0.1, 0.15) is 25.3 Å². The van der Waals surface area contributed by atoms with Crippen LogP contribution in [0.4, 0.5) is 5.69 Å². The molecular weight excluding hydrogens is 280 g/mol. The highest BCUT2D eigenvalue weighted by atomic mass is 79.9. The van der Waals surface area contributed by atoms with Gasteiger partial charge in [-0.2, -0.15) is 5.26 Å². The van der Waals surface area contributed by atoms with Crippen LogP contribution in [0.15, 0.2) is 22.7 Å². The van der Waals surface area contributed by atoms with Crippen molar-refractivity contribution in [3.05, 3.63) is 28.2 Å². The monoisotopic (exact) mass is 296 g/mol. The number of nitriles is 1. The van der Waals surface area contributed by atoms with Gasteiger partial charge in [0.15, 0.2) is 0 Å². The van der Waals surface area contributed by atoms with Crippen molar-refractivity contribution in [3.8, 4) is 6.07 Å². The quantitative estimate of drug-likeness (QED) is 0.878. The summed E-state index contributed by atoms with van der Waals surface area (Å²) in [6, 6.07) is 7.78. The molecular formula is C13H17BrN2O. The average Bonchev–Trinajstić information content (AvgIpc) is 2.34. The first kappa shape index (κ1) is 14.0. The third kappa shape index (κ3) is 4.03. The van der Waals surface area contributed by atoms with Crippen molar-refractivity contribution in [1.82, 2.24) is 0 Å². The van der Waals surface area contributed by atoms with Gasteiger partial charge in [-0.15, -0.1) is 0 Å². The minimum absolute atomic E-state index is 0.140. The number of hydrogen-bond acceptors (Lipinski definition) is 3. The van der Waals surface area contributed by atoms with Crippen LogP contribution in [0.5, 0.6) is 0 Å².